The van der Waals surface area contributed by atoms with Gasteiger partial charge in [0.05, 0.1) is 11.9 Å². The second kappa shape index (κ2) is 4.16. The Kier molecular flexibility index (Phi) is 2.49. The molecule has 0 bridgehead atoms. The molecule has 1 aromatic carbocycles. The number of aromatic nitrogens is 4. The Labute approximate surface area is 108 Å². The van der Waals surface area contributed by atoms with Gasteiger partial charge in [-0.25, -0.2) is 4.79 Å². The van der Waals surface area contributed by atoms with E-state index < -0.39 is 0 Å². The average molecular weight is 255 g/mol. The first-order valence-electron chi connectivity index (χ1n) is 5.83. The van der Waals surface area contributed by atoms with Crippen molar-refractivity contribution in [3.8, 4) is 16.8 Å². The number of benzene rings is 1. The van der Waals surface area contributed by atoms with Crippen molar-refractivity contribution in [1.82, 2.24) is 19.7 Å². The van der Waals surface area contributed by atoms with Crippen LogP contribution in [0.15, 0.2) is 41.5 Å². The fourth-order valence-corrected chi connectivity index (χ4v) is 2.12. The van der Waals surface area contributed by atoms with Gasteiger partial charge in [-0.2, -0.15) is 5.10 Å². The molecule has 6 nitrogen and oxygen atoms in total. The van der Waals surface area contributed by atoms with Crippen molar-refractivity contribution in [1.29, 1.82) is 0 Å². The van der Waals surface area contributed by atoms with Crippen LogP contribution in [0, 0.1) is 6.92 Å². The van der Waals surface area contributed by atoms with Crippen molar-refractivity contribution in [2.75, 3.05) is 5.73 Å². The van der Waals surface area contributed by atoms with E-state index in [2.05, 4.69) is 15.2 Å². The van der Waals surface area contributed by atoms with Crippen LogP contribution in [0.5, 0.6) is 0 Å². The third-order valence-electron chi connectivity index (χ3n) is 3.04. The largest absolute Gasteiger partial charge is 0.384 e. The molecule has 0 fully saturated rings. The van der Waals surface area contributed by atoms with Gasteiger partial charge < -0.3 is 10.7 Å². The molecule has 3 aromatic rings. The van der Waals surface area contributed by atoms with Crippen molar-refractivity contribution in [3.05, 3.63) is 52.8 Å². The van der Waals surface area contributed by atoms with Crippen LogP contribution >= 0.6 is 0 Å². The number of nitrogens with two attached hydrogens (primary N) is 1. The minimum Gasteiger partial charge on any atom is -0.384 e. The van der Waals surface area contributed by atoms with E-state index in [1.807, 2.05) is 31.2 Å². The van der Waals surface area contributed by atoms with Crippen LogP contribution in [-0.2, 0) is 0 Å². The zero-order valence-corrected chi connectivity index (χ0v) is 10.3. The summed E-state index contributed by atoms with van der Waals surface area (Å²) >= 11 is 0. The Balaban J connectivity index is 2.16. The molecule has 6 heteroatoms. The summed E-state index contributed by atoms with van der Waals surface area (Å²) in [6.45, 7) is 1.87. The number of imidazole rings is 1. The van der Waals surface area contributed by atoms with Crippen LogP contribution in [-0.4, -0.2) is 19.7 Å². The van der Waals surface area contributed by atoms with Gasteiger partial charge >= 0.3 is 5.69 Å². The van der Waals surface area contributed by atoms with Gasteiger partial charge in [-0.1, -0.05) is 12.1 Å². The third-order valence-corrected chi connectivity index (χ3v) is 3.04. The van der Waals surface area contributed by atoms with Crippen molar-refractivity contribution < 1.29 is 0 Å². The van der Waals surface area contributed by atoms with Gasteiger partial charge in [-0.15, -0.1) is 0 Å². The smallest absolute Gasteiger partial charge is 0.330 e. The lowest BCUT2D eigenvalue weighted by molar-refractivity contribution is 0.950. The highest BCUT2D eigenvalue weighted by Gasteiger charge is 2.08. The molecule has 2 heterocycles. The Morgan fingerprint density at radius 1 is 1.37 bits per heavy atom. The molecule has 3 rings (SSSR count). The van der Waals surface area contributed by atoms with Crippen LogP contribution in [0.2, 0.25) is 0 Å². The Bertz CT molecular complexity index is 780. The number of nitrogen functional groups attached to an aromatic ring is 1. The second-order valence-electron chi connectivity index (χ2n) is 4.32. The maximum Gasteiger partial charge on any atom is 0.330 e. The van der Waals surface area contributed by atoms with Gasteiger partial charge in [0.2, 0.25) is 0 Å². The highest BCUT2D eigenvalue weighted by molar-refractivity contribution is 5.74. The van der Waals surface area contributed by atoms with E-state index in [4.69, 9.17) is 5.73 Å². The molecule has 96 valence electrons. The first-order chi connectivity index (χ1) is 9.16. The molecule has 0 atom stereocenters. The molecule has 0 aliphatic heterocycles. The molecule has 0 saturated carbocycles. The number of rotatable bonds is 2. The quantitative estimate of drug-likeness (QED) is 0.647. The number of aromatic amines is 2. The van der Waals surface area contributed by atoms with Gasteiger partial charge in [0.1, 0.15) is 5.82 Å². The molecule has 0 aliphatic rings. The van der Waals surface area contributed by atoms with Crippen molar-refractivity contribution in [2.24, 2.45) is 0 Å². The van der Waals surface area contributed by atoms with Gasteiger partial charge in [-0.05, 0) is 24.6 Å². The number of nitrogens with zero attached hydrogens (tertiary/aromatic N) is 2. The van der Waals surface area contributed by atoms with Crippen LogP contribution < -0.4 is 11.4 Å². The van der Waals surface area contributed by atoms with Gasteiger partial charge in [0, 0.05) is 17.5 Å². The zero-order valence-electron chi connectivity index (χ0n) is 10.3. The third kappa shape index (κ3) is 1.83. The standard InChI is InChI=1S/C13H13N5O/c1-8-6-15-13(19)18(8)10-4-2-3-9(5-10)11-7-16-17-12(11)14/h2-7H,1H3,(H,15,19)(H3,14,16,17). The fourth-order valence-electron chi connectivity index (χ4n) is 2.12. The molecule has 19 heavy (non-hydrogen) atoms. The van der Waals surface area contributed by atoms with E-state index in [-0.39, 0.29) is 5.69 Å². The summed E-state index contributed by atoms with van der Waals surface area (Å²) in [6.07, 6.45) is 3.35. The topological polar surface area (TPSA) is 92.5 Å². The molecule has 0 unspecified atom stereocenters. The SMILES string of the molecule is Cc1c[nH]c(=O)n1-c1cccc(-c2cn[nH]c2N)c1. The number of anilines is 1. The molecular weight excluding hydrogens is 242 g/mol. The van der Waals surface area contributed by atoms with Gasteiger partial charge in [-0.3, -0.25) is 9.67 Å². The monoisotopic (exact) mass is 255 g/mol. The van der Waals surface area contributed by atoms with E-state index in [0.717, 1.165) is 22.5 Å². The molecule has 0 aliphatic carbocycles. The number of aryl methyl sites for hydroxylation is 1. The predicted molar refractivity (Wildman–Crippen MR) is 73.1 cm³/mol. The van der Waals surface area contributed by atoms with Crippen molar-refractivity contribution in [3.63, 3.8) is 0 Å². The van der Waals surface area contributed by atoms with Gasteiger partial charge in [0.15, 0.2) is 0 Å². The maximum atomic E-state index is 11.8. The summed E-state index contributed by atoms with van der Waals surface area (Å²) in [5.74, 6) is 0.510. The van der Waals surface area contributed by atoms with Gasteiger partial charge in [0.25, 0.3) is 0 Å². The molecule has 0 saturated heterocycles. The van der Waals surface area contributed by atoms with E-state index in [1.165, 1.54) is 0 Å². The first-order valence-corrected chi connectivity index (χ1v) is 5.83. The lowest BCUT2D eigenvalue weighted by atomic mass is 10.1. The summed E-state index contributed by atoms with van der Waals surface area (Å²) < 4.78 is 1.61. The number of H-pyrrole nitrogens is 2. The molecule has 0 amide bonds. The Morgan fingerprint density at radius 2 is 2.21 bits per heavy atom. The maximum absolute atomic E-state index is 11.8. The molecule has 0 spiro atoms. The van der Waals surface area contributed by atoms with E-state index in [1.54, 1.807) is 17.0 Å². The Morgan fingerprint density at radius 3 is 2.84 bits per heavy atom. The Hall–Kier alpha value is -2.76. The fraction of sp³-hybridized carbons (Fsp3) is 0.0769. The van der Waals surface area contributed by atoms with Crippen LogP contribution in [0.3, 0.4) is 0 Å². The summed E-state index contributed by atoms with van der Waals surface area (Å²) in [5, 5.41) is 6.60. The first kappa shape index (κ1) is 11.3. The lowest BCUT2D eigenvalue weighted by Gasteiger charge is -2.06. The summed E-state index contributed by atoms with van der Waals surface area (Å²) in [6, 6.07) is 7.60. The molecule has 2 aromatic heterocycles. The molecule has 4 N–H and O–H groups in total. The second-order valence-corrected chi connectivity index (χ2v) is 4.32. The minimum absolute atomic E-state index is 0.158. The zero-order chi connectivity index (χ0) is 13.4. The highest BCUT2D eigenvalue weighted by atomic mass is 16.1. The van der Waals surface area contributed by atoms with Crippen LogP contribution in [0.4, 0.5) is 5.82 Å². The van der Waals surface area contributed by atoms with E-state index >= 15 is 0 Å². The number of hydrogen-bond donors (Lipinski definition) is 3. The highest BCUT2D eigenvalue weighted by Crippen LogP contribution is 2.25. The van der Waals surface area contributed by atoms with Crippen LogP contribution in [0.25, 0.3) is 16.8 Å². The average Bonchev–Trinajstić information content (AvgIpc) is 2.96. The van der Waals surface area contributed by atoms with Crippen molar-refractivity contribution >= 4 is 5.82 Å². The number of hydrogen-bond acceptors (Lipinski definition) is 3. The number of nitrogens with one attached hydrogen (secondary N) is 2. The van der Waals surface area contributed by atoms with Crippen LogP contribution in [0.1, 0.15) is 5.69 Å². The summed E-state index contributed by atoms with van der Waals surface area (Å²) in [5.41, 5.74) is 9.03. The lowest BCUT2D eigenvalue weighted by Crippen LogP contribution is -2.15. The summed E-state index contributed by atoms with van der Waals surface area (Å²) in [7, 11) is 0. The van der Waals surface area contributed by atoms with Crippen molar-refractivity contribution in [2.45, 2.75) is 6.92 Å². The molecule has 0 radical (unpaired) electrons. The summed E-state index contributed by atoms with van der Waals surface area (Å²) in [4.78, 5) is 14.4. The molecular formula is C13H13N5O. The normalized spacial score (nSPS) is 10.8. The predicted octanol–water partition coefficient (Wildman–Crippen LogP) is 1.45. The minimum atomic E-state index is -0.158. The van der Waals surface area contributed by atoms with E-state index in [9.17, 15) is 4.79 Å². The van der Waals surface area contributed by atoms with E-state index in [0.29, 0.717) is 5.82 Å².